The van der Waals surface area contributed by atoms with E-state index in [-0.39, 0.29) is 42.9 Å². The monoisotopic (exact) mass is 441 g/mol. The molecule has 1 aliphatic rings. The molecule has 0 bridgehead atoms. The van der Waals surface area contributed by atoms with Gasteiger partial charge in [-0.2, -0.15) is 0 Å². The Kier molecular flexibility index (Phi) is 7.78. The van der Waals surface area contributed by atoms with Crippen LogP contribution in [0.5, 0.6) is 0 Å². The first kappa shape index (κ1) is 22.5. The summed E-state index contributed by atoms with van der Waals surface area (Å²) in [5.74, 6) is -0.934. The molecule has 2 N–H and O–H groups in total. The normalized spacial score (nSPS) is 14.4. The van der Waals surface area contributed by atoms with Crippen molar-refractivity contribution in [2.75, 3.05) is 13.1 Å². The van der Waals surface area contributed by atoms with Crippen molar-refractivity contribution in [3.63, 3.8) is 0 Å². The maximum Gasteiger partial charge on any atom is 0.253 e. The number of hydrogen-bond donors (Lipinski definition) is 2. The molecule has 2 aromatic carbocycles. The van der Waals surface area contributed by atoms with Crippen LogP contribution in [0.4, 0.5) is 0 Å². The molecule has 3 rings (SSSR count). The van der Waals surface area contributed by atoms with E-state index >= 15 is 0 Å². The molecule has 1 fully saturated rings. The Morgan fingerprint density at radius 2 is 1.61 bits per heavy atom. The van der Waals surface area contributed by atoms with Gasteiger partial charge in [0.05, 0.1) is 23.0 Å². The number of imide groups is 1. The van der Waals surface area contributed by atoms with E-state index in [1.54, 1.807) is 24.3 Å². The van der Waals surface area contributed by atoms with Gasteiger partial charge >= 0.3 is 0 Å². The average molecular weight is 442 g/mol. The Morgan fingerprint density at radius 3 is 2.29 bits per heavy atom. The van der Waals surface area contributed by atoms with Crippen LogP contribution in [0.3, 0.4) is 0 Å². The number of carbonyl (C=O) groups is 4. The Morgan fingerprint density at radius 1 is 0.968 bits per heavy atom. The van der Waals surface area contributed by atoms with Crippen LogP contribution in [0.2, 0.25) is 5.02 Å². The van der Waals surface area contributed by atoms with E-state index in [9.17, 15) is 19.2 Å². The fraction of sp³-hybridized carbons (Fsp3) is 0.304. The third-order valence-electron chi connectivity index (χ3n) is 5.05. The summed E-state index contributed by atoms with van der Waals surface area (Å²) in [6, 6.07) is 15.4. The van der Waals surface area contributed by atoms with E-state index in [0.29, 0.717) is 30.1 Å². The van der Waals surface area contributed by atoms with Gasteiger partial charge in [0.15, 0.2) is 0 Å². The van der Waals surface area contributed by atoms with Crippen LogP contribution in [-0.4, -0.2) is 41.6 Å². The van der Waals surface area contributed by atoms with Crippen molar-refractivity contribution in [2.45, 2.75) is 31.7 Å². The van der Waals surface area contributed by atoms with E-state index < -0.39 is 6.04 Å². The highest BCUT2D eigenvalue weighted by molar-refractivity contribution is 6.33. The summed E-state index contributed by atoms with van der Waals surface area (Å²) in [5.41, 5.74) is 1.14. The van der Waals surface area contributed by atoms with Gasteiger partial charge in [0.1, 0.15) is 0 Å². The Hall–Kier alpha value is -3.19. The molecule has 1 aliphatic heterocycles. The predicted octanol–water partition coefficient (Wildman–Crippen LogP) is 2.86. The summed E-state index contributed by atoms with van der Waals surface area (Å²) in [7, 11) is 0. The van der Waals surface area contributed by atoms with Gasteiger partial charge in [0, 0.05) is 25.9 Å². The fourth-order valence-corrected chi connectivity index (χ4v) is 3.64. The first-order valence-corrected chi connectivity index (χ1v) is 10.5. The summed E-state index contributed by atoms with van der Waals surface area (Å²) < 4.78 is 0. The zero-order valence-electron chi connectivity index (χ0n) is 17.0. The second-order valence-electron chi connectivity index (χ2n) is 7.26. The zero-order chi connectivity index (χ0) is 22.2. The molecule has 4 amide bonds. The van der Waals surface area contributed by atoms with Crippen molar-refractivity contribution in [3.8, 4) is 0 Å². The second-order valence-corrected chi connectivity index (χ2v) is 7.67. The van der Waals surface area contributed by atoms with Crippen LogP contribution in [0, 0.1) is 0 Å². The molecule has 8 heteroatoms. The zero-order valence-corrected chi connectivity index (χ0v) is 17.7. The van der Waals surface area contributed by atoms with Crippen LogP contribution in [0.15, 0.2) is 54.6 Å². The SMILES string of the molecule is O=C(CC(NC(=O)c1ccccc1Cl)c1ccccc1)NCCCN1C(=O)CCC1=O. The number of likely N-dealkylation sites (tertiary alicyclic amines) is 1. The molecule has 0 radical (unpaired) electrons. The number of amides is 4. The lowest BCUT2D eigenvalue weighted by Crippen LogP contribution is -2.36. The molecule has 1 saturated heterocycles. The second kappa shape index (κ2) is 10.7. The topological polar surface area (TPSA) is 95.6 Å². The van der Waals surface area contributed by atoms with E-state index in [1.807, 2.05) is 30.3 Å². The number of nitrogens with one attached hydrogen (secondary N) is 2. The van der Waals surface area contributed by atoms with Crippen molar-refractivity contribution in [1.29, 1.82) is 0 Å². The van der Waals surface area contributed by atoms with Gasteiger partial charge in [0.25, 0.3) is 5.91 Å². The minimum absolute atomic E-state index is 0.0434. The molecule has 1 heterocycles. The molecule has 0 aromatic heterocycles. The van der Waals surface area contributed by atoms with Crippen LogP contribution in [0.25, 0.3) is 0 Å². The van der Waals surface area contributed by atoms with E-state index in [4.69, 9.17) is 11.6 Å². The lowest BCUT2D eigenvalue weighted by atomic mass is 10.0. The molecule has 0 spiro atoms. The summed E-state index contributed by atoms with van der Waals surface area (Å²) in [6.07, 6.45) is 1.04. The van der Waals surface area contributed by atoms with Crippen LogP contribution in [-0.2, 0) is 14.4 Å². The summed E-state index contributed by atoms with van der Waals surface area (Å²) >= 11 is 6.12. The molecule has 2 aromatic rings. The molecule has 31 heavy (non-hydrogen) atoms. The van der Waals surface area contributed by atoms with Crippen molar-refractivity contribution in [2.24, 2.45) is 0 Å². The molecule has 7 nitrogen and oxygen atoms in total. The molecule has 1 atom stereocenters. The van der Waals surface area contributed by atoms with Crippen LogP contribution in [0.1, 0.15) is 47.6 Å². The number of hydrogen-bond acceptors (Lipinski definition) is 4. The summed E-state index contributed by atoms with van der Waals surface area (Å²) in [6.45, 7) is 0.624. The lowest BCUT2D eigenvalue weighted by Gasteiger charge is -2.20. The first-order valence-electron chi connectivity index (χ1n) is 10.2. The maximum absolute atomic E-state index is 12.7. The first-order chi connectivity index (χ1) is 15.0. The lowest BCUT2D eigenvalue weighted by molar-refractivity contribution is -0.138. The molecule has 0 aliphatic carbocycles. The smallest absolute Gasteiger partial charge is 0.253 e. The van der Waals surface area contributed by atoms with E-state index in [2.05, 4.69) is 10.6 Å². The molecule has 162 valence electrons. The van der Waals surface area contributed by atoms with Gasteiger partial charge in [-0.15, -0.1) is 0 Å². The van der Waals surface area contributed by atoms with Gasteiger partial charge in [-0.3, -0.25) is 24.1 Å². The quantitative estimate of drug-likeness (QED) is 0.462. The molecular weight excluding hydrogens is 418 g/mol. The highest BCUT2D eigenvalue weighted by Gasteiger charge is 2.28. The van der Waals surface area contributed by atoms with Crippen molar-refractivity contribution in [1.82, 2.24) is 15.5 Å². The van der Waals surface area contributed by atoms with Gasteiger partial charge in [-0.1, -0.05) is 54.1 Å². The van der Waals surface area contributed by atoms with E-state index in [0.717, 1.165) is 5.56 Å². The van der Waals surface area contributed by atoms with Gasteiger partial charge in [-0.05, 0) is 24.1 Å². The van der Waals surface area contributed by atoms with Crippen molar-refractivity contribution in [3.05, 3.63) is 70.7 Å². The largest absolute Gasteiger partial charge is 0.356 e. The Balaban J connectivity index is 1.56. The highest BCUT2D eigenvalue weighted by Crippen LogP contribution is 2.20. The third-order valence-corrected chi connectivity index (χ3v) is 5.38. The molecule has 0 saturated carbocycles. The van der Waals surface area contributed by atoms with Gasteiger partial charge in [-0.25, -0.2) is 0 Å². The number of carbonyl (C=O) groups excluding carboxylic acids is 4. The Bertz CT molecular complexity index is 948. The summed E-state index contributed by atoms with van der Waals surface area (Å²) in [4.78, 5) is 49.7. The minimum atomic E-state index is -0.535. The van der Waals surface area contributed by atoms with Gasteiger partial charge in [0.2, 0.25) is 17.7 Å². The molecule has 1 unspecified atom stereocenters. The number of nitrogens with zero attached hydrogens (tertiary/aromatic N) is 1. The van der Waals surface area contributed by atoms with Crippen molar-refractivity contribution < 1.29 is 19.2 Å². The number of halogens is 1. The highest BCUT2D eigenvalue weighted by atomic mass is 35.5. The molecular formula is C23H24ClN3O4. The van der Waals surface area contributed by atoms with Crippen molar-refractivity contribution >= 4 is 35.2 Å². The van der Waals surface area contributed by atoms with E-state index in [1.165, 1.54) is 4.90 Å². The maximum atomic E-state index is 12.7. The fourth-order valence-electron chi connectivity index (χ4n) is 3.41. The predicted molar refractivity (Wildman–Crippen MR) is 116 cm³/mol. The number of rotatable bonds is 9. The van der Waals surface area contributed by atoms with Crippen LogP contribution >= 0.6 is 11.6 Å². The standard InChI is InChI=1S/C23H24ClN3O4/c24-18-10-5-4-9-17(18)23(31)26-19(16-7-2-1-3-8-16)15-20(28)25-13-6-14-27-21(29)11-12-22(27)30/h1-5,7-10,19H,6,11-15H2,(H,25,28)(H,26,31). The summed E-state index contributed by atoms with van der Waals surface area (Å²) in [5, 5.41) is 6.02. The third kappa shape index (κ3) is 6.15. The number of benzene rings is 2. The minimum Gasteiger partial charge on any atom is -0.356 e. The Labute approximate surface area is 185 Å². The van der Waals surface area contributed by atoms with Crippen LogP contribution < -0.4 is 10.6 Å². The van der Waals surface area contributed by atoms with Gasteiger partial charge < -0.3 is 10.6 Å². The average Bonchev–Trinajstić information content (AvgIpc) is 3.09.